The molecule has 10 heteroatoms. The van der Waals surface area contributed by atoms with Crippen LogP contribution in [0.1, 0.15) is 37.1 Å². The lowest BCUT2D eigenvalue weighted by Gasteiger charge is -2.41. The topological polar surface area (TPSA) is 72.2 Å². The van der Waals surface area contributed by atoms with Gasteiger partial charge in [-0.3, -0.25) is 4.68 Å². The fourth-order valence-electron chi connectivity index (χ4n) is 3.34. The summed E-state index contributed by atoms with van der Waals surface area (Å²) in [4.78, 5) is 0. The van der Waals surface area contributed by atoms with Crippen LogP contribution in [0.4, 0.5) is 13.2 Å². The average molecular weight is 391 g/mol. The summed E-state index contributed by atoms with van der Waals surface area (Å²) in [6.45, 7) is 1.89. The van der Waals surface area contributed by atoms with Crippen molar-refractivity contribution >= 4 is 11.6 Å². The van der Waals surface area contributed by atoms with Crippen molar-refractivity contribution in [2.45, 2.75) is 43.8 Å². The molecule has 1 aliphatic rings. The molecule has 142 valence electrons. The van der Waals surface area contributed by atoms with Gasteiger partial charge < -0.3 is 15.2 Å². The second kappa shape index (κ2) is 6.71. The van der Waals surface area contributed by atoms with Crippen molar-refractivity contribution in [3.8, 4) is 5.75 Å². The van der Waals surface area contributed by atoms with Crippen molar-refractivity contribution in [2.75, 3.05) is 0 Å². The highest BCUT2D eigenvalue weighted by Crippen LogP contribution is 2.42. The Bertz CT molecular complexity index is 798. The Hall–Kier alpha value is -1.84. The molecule has 26 heavy (non-hydrogen) atoms. The van der Waals surface area contributed by atoms with Crippen LogP contribution in [0.15, 0.2) is 24.4 Å². The predicted octanol–water partition coefficient (Wildman–Crippen LogP) is 3.07. The molecule has 0 unspecified atom stereocenters. The number of aliphatic hydroxyl groups is 1. The van der Waals surface area contributed by atoms with Crippen LogP contribution >= 0.6 is 11.6 Å². The van der Waals surface area contributed by atoms with Crippen LogP contribution in [-0.4, -0.2) is 32.5 Å². The number of benzene rings is 1. The molecule has 2 N–H and O–H groups in total. The largest absolute Gasteiger partial charge is 0.573 e. The van der Waals surface area contributed by atoms with Gasteiger partial charge in [-0.15, -0.1) is 18.3 Å². The minimum atomic E-state index is -4.87. The average Bonchev–Trinajstić information content (AvgIpc) is 2.94. The number of hydrogen-bond acceptors (Lipinski definition) is 5. The van der Waals surface area contributed by atoms with Crippen molar-refractivity contribution in [2.24, 2.45) is 7.05 Å². The number of nitrogens with one attached hydrogen (secondary N) is 1. The van der Waals surface area contributed by atoms with Crippen molar-refractivity contribution < 1.29 is 23.0 Å². The molecule has 2 heterocycles. The third-order valence-corrected chi connectivity index (χ3v) is 4.66. The summed E-state index contributed by atoms with van der Waals surface area (Å²) < 4.78 is 43.2. The number of piperidine rings is 1. The van der Waals surface area contributed by atoms with Gasteiger partial charge in [0.2, 0.25) is 0 Å². The maximum Gasteiger partial charge on any atom is 0.573 e. The van der Waals surface area contributed by atoms with Gasteiger partial charge in [0.25, 0.3) is 0 Å². The van der Waals surface area contributed by atoms with E-state index in [0.717, 1.165) is 6.07 Å². The van der Waals surface area contributed by atoms with Crippen LogP contribution in [0.3, 0.4) is 0 Å². The summed E-state index contributed by atoms with van der Waals surface area (Å²) >= 11 is 5.80. The van der Waals surface area contributed by atoms with E-state index in [1.807, 2.05) is 6.92 Å². The second-order valence-corrected chi connectivity index (χ2v) is 6.98. The Kier molecular flexibility index (Phi) is 4.89. The van der Waals surface area contributed by atoms with Crippen LogP contribution < -0.4 is 10.1 Å². The van der Waals surface area contributed by atoms with Gasteiger partial charge in [0.1, 0.15) is 5.75 Å². The van der Waals surface area contributed by atoms with Gasteiger partial charge in [-0.05, 0) is 31.0 Å². The minimum Gasteiger partial charge on any atom is -0.404 e. The summed E-state index contributed by atoms with van der Waals surface area (Å²) in [5, 5.41) is 22.3. The van der Waals surface area contributed by atoms with E-state index < -0.39 is 17.7 Å². The SMILES string of the molecule is C[C@H]1C[C@@](O)(c2ccc(Cl)c(OC(F)(F)F)c2)C[C@@H](c2cn(C)nn2)N1. The Morgan fingerprint density at radius 2 is 2.12 bits per heavy atom. The quantitative estimate of drug-likeness (QED) is 0.842. The van der Waals surface area contributed by atoms with Crippen molar-refractivity contribution in [3.05, 3.63) is 40.7 Å². The van der Waals surface area contributed by atoms with E-state index in [-0.39, 0.29) is 23.5 Å². The highest BCUT2D eigenvalue weighted by Gasteiger charge is 2.41. The summed E-state index contributed by atoms with van der Waals surface area (Å²) in [5.74, 6) is -0.535. The van der Waals surface area contributed by atoms with E-state index in [9.17, 15) is 18.3 Å². The van der Waals surface area contributed by atoms with Crippen molar-refractivity contribution in [1.29, 1.82) is 0 Å². The molecule has 0 bridgehead atoms. The number of aryl methyl sites for hydroxylation is 1. The molecule has 6 nitrogen and oxygen atoms in total. The zero-order chi connectivity index (χ0) is 19.1. The molecule has 0 radical (unpaired) electrons. The van der Waals surface area contributed by atoms with Crippen LogP contribution in [0.25, 0.3) is 0 Å². The number of halogens is 4. The molecular weight excluding hydrogens is 373 g/mol. The minimum absolute atomic E-state index is 0.0941. The molecule has 0 saturated carbocycles. The molecule has 1 fully saturated rings. The van der Waals surface area contributed by atoms with Gasteiger partial charge >= 0.3 is 6.36 Å². The molecule has 0 aliphatic carbocycles. The highest BCUT2D eigenvalue weighted by molar-refractivity contribution is 6.32. The van der Waals surface area contributed by atoms with Gasteiger partial charge in [0, 0.05) is 25.7 Å². The standard InChI is InChI=1S/C16H18ClF3N4O2/c1-9-6-15(25,7-12(21-9)13-8-24(2)23-22-13)10-3-4-11(17)14(5-10)26-16(18,19)20/h3-5,8-9,12,21,25H,6-7H2,1-2H3/t9-,12-,15-/m0/s1. The number of alkyl halides is 3. The van der Waals surface area contributed by atoms with Crippen LogP contribution in [0.5, 0.6) is 5.75 Å². The molecule has 1 aromatic heterocycles. The number of ether oxygens (including phenoxy) is 1. The van der Waals surface area contributed by atoms with E-state index in [4.69, 9.17) is 11.6 Å². The molecule has 2 aromatic rings. The monoisotopic (exact) mass is 390 g/mol. The maximum absolute atomic E-state index is 12.6. The van der Waals surface area contributed by atoms with E-state index >= 15 is 0 Å². The Labute approximate surface area is 152 Å². The fourth-order valence-corrected chi connectivity index (χ4v) is 3.49. The molecule has 3 atom stereocenters. The van der Waals surface area contributed by atoms with Crippen molar-refractivity contribution in [3.63, 3.8) is 0 Å². The fraction of sp³-hybridized carbons (Fsp3) is 0.500. The Morgan fingerprint density at radius 3 is 2.73 bits per heavy atom. The lowest BCUT2D eigenvalue weighted by atomic mass is 9.78. The van der Waals surface area contributed by atoms with Crippen LogP contribution in [-0.2, 0) is 12.6 Å². The van der Waals surface area contributed by atoms with E-state index in [0.29, 0.717) is 17.7 Å². The highest BCUT2D eigenvalue weighted by atomic mass is 35.5. The zero-order valence-corrected chi connectivity index (χ0v) is 14.8. The Balaban J connectivity index is 1.92. The van der Waals surface area contributed by atoms with Gasteiger partial charge in [0.05, 0.1) is 22.4 Å². The molecule has 0 spiro atoms. The van der Waals surface area contributed by atoms with Crippen LogP contribution in [0.2, 0.25) is 5.02 Å². The van der Waals surface area contributed by atoms with E-state index in [1.54, 1.807) is 17.9 Å². The molecule has 1 aromatic carbocycles. The van der Waals surface area contributed by atoms with E-state index in [1.165, 1.54) is 12.1 Å². The first-order chi connectivity index (χ1) is 12.1. The first kappa shape index (κ1) is 18.9. The zero-order valence-electron chi connectivity index (χ0n) is 14.1. The van der Waals surface area contributed by atoms with Crippen molar-refractivity contribution in [1.82, 2.24) is 20.3 Å². The summed E-state index contributed by atoms with van der Waals surface area (Å²) in [5.41, 5.74) is -0.400. The predicted molar refractivity (Wildman–Crippen MR) is 87.6 cm³/mol. The first-order valence-electron chi connectivity index (χ1n) is 7.96. The normalized spacial score (nSPS) is 26.7. The number of rotatable bonds is 3. The summed E-state index contributed by atoms with van der Waals surface area (Å²) in [6.07, 6.45) is -2.59. The van der Waals surface area contributed by atoms with Crippen LogP contribution in [0, 0.1) is 0 Å². The molecule has 1 aliphatic heterocycles. The molecule has 1 saturated heterocycles. The smallest absolute Gasteiger partial charge is 0.404 e. The molecule has 0 amide bonds. The Morgan fingerprint density at radius 1 is 1.38 bits per heavy atom. The third-order valence-electron chi connectivity index (χ3n) is 4.34. The van der Waals surface area contributed by atoms with Gasteiger partial charge in [0.15, 0.2) is 0 Å². The van der Waals surface area contributed by atoms with Gasteiger partial charge in [-0.1, -0.05) is 22.9 Å². The number of aromatic nitrogens is 3. The number of hydrogen-bond donors (Lipinski definition) is 2. The van der Waals surface area contributed by atoms with E-state index in [2.05, 4.69) is 20.4 Å². The lowest BCUT2D eigenvalue weighted by molar-refractivity contribution is -0.274. The maximum atomic E-state index is 12.6. The molecular formula is C16H18ClF3N4O2. The molecule has 3 rings (SSSR count). The van der Waals surface area contributed by atoms with Gasteiger partial charge in [-0.2, -0.15) is 0 Å². The second-order valence-electron chi connectivity index (χ2n) is 6.57. The summed E-state index contributed by atoms with van der Waals surface area (Å²) in [7, 11) is 1.73. The lowest BCUT2D eigenvalue weighted by Crippen LogP contribution is -2.47. The first-order valence-corrected chi connectivity index (χ1v) is 8.34. The number of nitrogens with zero attached hydrogens (tertiary/aromatic N) is 3. The third kappa shape index (κ3) is 4.11. The van der Waals surface area contributed by atoms with Gasteiger partial charge in [-0.25, -0.2) is 0 Å². The summed E-state index contributed by atoms with van der Waals surface area (Å²) in [6, 6.07) is 3.56.